The Morgan fingerprint density at radius 3 is 0.561 bits per heavy atom. The molecule has 0 atom stereocenters. The Labute approximate surface area is 407 Å². The average molecular weight is 963 g/mol. The van der Waals surface area contributed by atoms with Crippen molar-refractivity contribution in [3.63, 3.8) is 0 Å². The van der Waals surface area contributed by atoms with Gasteiger partial charge in [0.25, 0.3) is 0 Å². The summed E-state index contributed by atoms with van der Waals surface area (Å²) < 4.78 is 19.5. The van der Waals surface area contributed by atoms with Gasteiger partial charge in [-0.2, -0.15) is 0 Å². The van der Waals surface area contributed by atoms with Crippen molar-refractivity contribution in [3.05, 3.63) is 133 Å². The topological polar surface area (TPSA) is 152 Å². The molecule has 16 heteroatoms. The number of nitrogens with zero attached hydrogens (tertiary/aromatic N) is 10. The number of hydrogen-bond donors (Lipinski definition) is 0. The summed E-state index contributed by atoms with van der Waals surface area (Å²) in [6.45, 7) is 47.8. The van der Waals surface area contributed by atoms with E-state index in [0.717, 1.165) is 75.1 Å². The van der Waals surface area contributed by atoms with Crippen LogP contribution in [0.3, 0.4) is 0 Å². The standard InChI is InChI=1S/2C7H12N2.3C6H9NO.3C6H9NS/c2*1-5-6(2)9(4)7(3)8-5;6*1-4-5(2)8-6(3)7-4/h2*1-4H3;6*1-3H3. The van der Waals surface area contributed by atoms with Crippen LogP contribution in [0.4, 0.5) is 0 Å². The molecule has 66 heavy (non-hydrogen) atoms. The van der Waals surface area contributed by atoms with Gasteiger partial charge in [0, 0.05) is 60.9 Å². The molecule has 0 spiro atoms. The van der Waals surface area contributed by atoms with Gasteiger partial charge in [-0.1, -0.05) is 0 Å². The summed E-state index contributed by atoms with van der Waals surface area (Å²) in [6, 6.07) is 0. The van der Waals surface area contributed by atoms with Gasteiger partial charge in [0.15, 0.2) is 17.7 Å². The van der Waals surface area contributed by atoms with Crippen molar-refractivity contribution in [2.45, 2.75) is 166 Å². The van der Waals surface area contributed by atoms with Gasteiger partial charge in [0.2, 0.25) is 0 Å². The molecule has 0 unspecified atom stereocenters. The second-order valence-electron chi connectivity index (χ2n) is 16.0. The zero-order valence-corrected chi connectivity index (χ0v) is 47.4. The maximum atomic E-state index is 5.10. The van der Waals surface area contributed by atoms with Crippen LogP contribution in [0.15, 0.2) is 13.3 Å². The monoisotopic (exact) mass is 963 g/mol. The quantitative estimate of drug-likeness (QED) is 0.143. The second kappa shape index (κ2) is 27.5. The second-order valence-corrected chi connectivity index (χ2v) is 20.2. The van der Waals surface area contributed by atoms with Crippen LogP contribution in [-0.4, -0.2) is 49.0 Å². The number of hydrogen-bond acceptors (Lipinski definition) is 14. The summed E-state index contributed by atoms with van der Waals surface area (Å²) >= 11 is 5.27. The minimum absolute atomic E-state index is 0.750. The molecule has 8 aromatic heterocycles. The Kier molecular flexibility index (Phi) is 24.6. The number of aromatic nitrogens is 10. The van der Waals surface area contributed by atoms with Crippen LogP contribution in [0.2, 0.25) is 0 Å². The molecule has 0 N–H and O–H groups in total. The normalized spacial score (nSPS) is 9.97. The van der Waals surface area contributed by atoms with Crippen molar-refractivity contribution in [3.8, 4) is 0 Å². The molecule has 8 rings (SSSR count). The van der Waals surface area contributed by atoms with E-state index >= 15 is 0 Å². The van der Waals surface area contributed by atoms with Gasteiger partial charge >= 0.3 is 0 Å². The fourth-order valence-electron chi connectivity index (χ4n) is 5.57. The van der Waals surface area contributed by atoms with Gasteiger partial charge in [-0.3, -0.25) is 0 Å². The average Bonchev–Trinajstić information content (AvgIpc) is 4.08. The van der Waals surface area contributed by atoms with Gasteiger partial charge in [-0.25, -0.2) is 39.9 Å². The number of aryl methyl sites for hydroxylation is 22. The van der Waals surface area contributed by atoms with Gasteiger partial charge in [0.1, 0.15) is 28.9 Å². The van der Waals surface area contributed by atoms with Crippen molar-refractivity contribution in [1.29, 1.82) is 0 Å². The van der Waals surface area contributed by atoms with E-state index in [-0.39, 0.29) is 0 Å². The zero-order valence-electron chi connectivity index (χ0n) is 44.9. The maximum absolute atomic E-state index is 5.10. The van der Waals surface area contributed by atoms with E-state index < -0.39 is 0 Å². The predicted octanol–water partition coefficient (Wildman–Crippen LogP) is 13.7. The molecule has 364 valence electrons. The third kappa shape index (κ3) is 20.2. The van der Waals surface area contributed by atoms with E-state index in [4.69, 9.17) is 13.3 Å². The summed E-state index contributed by atoms with van der Waals surface area (Å²) in [7, 11) is 4.06. The smallest absolute Gasteiger partial charge is 0.191 e. The minimum Gasteiger partial charge on any atom is -0.446 e. The molecule has 13 nitrogen and oxygen atoms in total. The lowest BCUT2D eigenvalue weighted by atomic mass is 10.4. The molecule has 0 aliphatic rings. The Hall–Kier alpha value is -5.06. The maximum Gasteiger partial charge on any atom is 0.191 e. The van der Waals surface area contributed by atoms with Crippen LogP contribution < -0.4 is 0 Å². The summed E-state index contributed by atoms with van der Waals surface area (Å²) in [4.78, 5) is 37.4. The molecule has 0 saturated carbocycles. The molecule has 0 radical (unpaired) electrons. The van der Waals surface area contributed by atoms with Crippen LogP contribution in [0.25, 0.3) is 0 Å². The molecule has 0 fully saturated rings. The van der Waals surface area contributed by atoms with Crippen molar-refractivity contribution in [2.75, 3.05) is 0 Å². The first-order chi connectivity index (χ1) is 30.4. The highest BCUT2D eigenvalue weighted by molar-refractivity contribution is 7.12. The Balaban J connectivity index is 0.000000377. The van der Waals surface area contributed by atoms with Crippen molar-refractivity contribution >= 4 is 34.0 Å². The molecule has 0 aromatic carbocycles. The third-order valence-electron chi connectivity index (χ3n) is 10.5. The largest absolute Gasteiger partial charge is 0.446 e. The number of imidazole rings is 2. The summed E-state index contributed by atoms with van der Waals surface area (Å²) in [5.41, 5.74) is 11.3. The molecule has 8 heterocycles. The fraction of sp³-hybridized carbons (Fsp3) is 0.520. The third-order valence-corrected chi connectivity index (χ3v) is 13.5. The van der Waals surface area contributed by atoms with Crippen LogP contribution in [-0.2, 0) is 14.1 Å². The number of rotatable bonds is 0. The molecule has 0 amide bonds. The lowest BCUT2D eigenvalue weighted by Crippen LogP contribution is -1.92. The summed E-state index contributed by atoms with van der Waals surface area (Å²) in [5, 5.41) is 3.50. The minimum atomic E-state index is 0.750. The van der Waals surface area contributed by atoms with Crippen molar-refractivity contribution in [1.82, 2.24) is 49.0 Å². The molecule has 0 saturated heterocycles. The van der Waals surface area contributed by atoms with Crippen molar-refractivity contribution in [2.24, 2.45) is 14.1 Å². The highest BCUT2D eigenvalue weighted by Crippen LogP contribution is 2.16. The van der Waals surface area contributed by atoms with Gasteiger partial charge < -0.3 is 22.4 Å². The first kappa shape index (κ1) is 59.0. The molecule has 8 aromatic rings. The van der Waals surface area contributed by atoms with Crippen LogP contribution in [0, 0.1) is 166 Å². The van der Waals surface area contributed by atoms with Crippen LogP contribution in [0.5, 0.6) is 0 Å². The van der Waals surface area contributed by atoms with Crippen molar-refractivity contribution < 1.29 is 13.3 Å². The van der Waals surface area contributed by atoms with E-state index in [1.807, 2.05) is 146 Å². The molecular weight excluding hydrogens is 885 g/mol. The van der Waals surface area contributed by atoms with Crippen LogP contribution in [0.1, 0.15) is 133 Å². The zero-order chi connectivity index (χ0) is 50.9. The van der Waals surface area contributed by atoms with E-state index in [2.05, 4.69) is 83.6 Å². The van der Waals surface area contributed by atoms with E-state index in [0.29, 0.717) is 0 Å². The first-order valence-electron chi connectivity index (χ1n) is 21.8. The summed E-state index contributed by atoms with van der Waals surface area (Å²) in [5.74, 6) is 7.18. The van der Waals surface area contributed by atoms with Gasteiger partial charge in [-0.05, 0) is 145 Å². The van der Waals surface area contributed by atoms with Gasteiger partial charge in [-0.15, -0.1) is 34.0 Å². The van der Waals surface area contributed by atoms with Gasteiger partial charge in [0.05, 0.1) is 60.6 Å². The van der Waals surface area contributed by atoms with E-state index in [1.54, 1.807) is 34.0 Å². The van der Waals surface area contributed by atoms with E-state index in [9.17, 15) is 0 Å². The first-order valence-corrected chi connectivity index (χ1v) is 24.3. The predicted molar refractivity (Wildman–Crippen MR) is 276 cm³/mol. The highest BCUT2D eigenvalue weighted by atomic mass is 32.1. The van der Waals surface area contributed by atoms with E-state index in [1.165, 1.54) is 58.1 Å². The molecule has 0 bridgehead atoms. The molecule has 0 aliphatic heterocycles. The molecular formula is C50H78N10O3S3. The number of thiazole rings is 3. The Bertz CT molecular complexity index is 2140. The summed E-state index contributed by atoms with van der Waals surface area (Å²) in [6.07, 6.45) is 0. The molecule has 0 aliphatic carbocycles. The Morgan fingerprint density at radius 1 is 0.288 bits per heavy atom. The number of oxazole rings is 3. The lowest BCUT2D eigenvalue weighted by Gasteiger charge is -1.94. The van der Waals surface area contributed by atoms with Crippen LogP contribution >= 0.6 is 34.0 Å². The lowest BCUT2D eigenvalue weighted by molar-refractivity contribution is 0.493. The highest BCUT2D eigenvalue weighted by Gasteiger charge is 2.03. The SMILES string of the molecule is Cc1nc(C)c(C)o1.Cc1nc(C)c(C)o1.Cc1nc(C)c(C)o1.Cc1nc(C)c(C)s1.Cc1nc(C)c(C)s1.Cc1nc(C)c(C)s1.Cc1nc(C)n(C)c1C.Cc1nc(C)n(C)c1C. The Morgan fingerprint density at radius 2 is 0.515 bits per heavy atom. The fourth-order valence-corrected chi connectivity index (χ4v) is 8.02.